The van der Waals surface area contributed by atoms with Crippen LogP contribution in [-0.2, 0) is 11.2 Å². The maximum atomic E-state index is 13.0. The monoisotopic (exact) mass is 269 g/mol. The molecule has 1 fully saturated rings. The fraction of sp³-hybridized carbons (Fsp3) is 0.500. The van der Waals surface area contributed by atoms with Crippen molar-refractivity contribution >= 4 is 5.91 Å². The van der Waals surface area contributed by atoms with E-state index in [1.807, 2.05) is 0 Å². The number of hydrogen-bond acceptors (Lipinski definition) is 2. The average Bonchev–Trinajstić information content (AvgIpc) is 2.83. The molecule has 0 saturated carbocycles. The van der Waals surface area contributed by atoms with Gasteiger partial charge in [-0.1, -0.05) is 6.07 Å². The molecule has 1 aromatic rings. The summed E-state index contributed by atoms with van der Waals surface area (Å²) < 4.78 is 25.8. The Hall–Kier alpha value is -1.49. The topological polar surface area (TPSA) is 40.5 Å². The van der Waals surface area contributed by atoms with Crippen molar-refractivity contribution in [2.45, 2.75) is 19.3 Å². The second kappa shape index (κ2) is 6.10. The summed E-state index contributed by atoms with van der Waals surface area (Å²) in [5.74, 6) is -1.56. The van der Waals surface area contributed by atoms with Crippen LogP contribution in [0.4, 0.5) is 8.78 Å². The van der Waals surface area contributed by atoms with Crippen LogP contribution >= 0.6 is 0 Å². The SMILES string of the molecule is O=C(Cc1ccc(F)c(F)c1)N1CCC(CCO)C1. The van der Waals surface area contributed by atoms with Gasteiger partial charge in [0.25, 0.3) is 0 Å². The number of aliphatic hydroxyl groups excluding tert-OH is 1. The van der Waals surface area contributed by atoms with Gasteiger partial charge in [-0.15, -0.1) is 0 Å². The highest BCUT2D eigenvalue weighted by Crippen LogP contribution is 2.20. The predicted molar refractivity (Wildman–Crippen MR) is 66.5 cm³/mol. The van der Waals surface area contributed by atoms with Crippen molar-refractivity contribution < 1.29 is 18.7 Å². The van der Waals surface area contributed by atoms with Crippen LogP contribution in [0.3, 0.4) is 0 Å². The van der Waals surface area contributed by atoms with Crippen LogP contribution < -0.4 is 0 Å². The first-order valence-corrected chi connectivity index (χ1v) is 6.42. The van der Waals surface area contributed by atoms with Crippen molar-refractivity contribution in [1.29, 1.82) is 0 Å². The standard InChI is InChI=1S/C14H17F2NO2/c15-12-2-1-11(7-13(12)16)8-14(19)17-5-3-10(9-17)4-6-18/h1-2,7,10,18H,3-6,8-9H2. The number of carbonyl (C=O) groups excluding carboxylic acids is 1. The number of halogens is 2. The number of nitrogens with zero attached hydrogens (tertiary/aromatic N) is 1. The molecular weight excluding hydrogens is 252 g/mol. The molecule has 1 aliphatic heterocycles. The van der Waals surface area contributed by atoms with Crippen LogP contribution in [0.15, 0.2) is 18.2 Å². The summed E-state index contributed by atoms with van der Waals surface area (Å²) in [4.78, 5) is 13.7. The second-order valence-electron chi connectivity index (χ2n) is 4.93. The van der Waals surface area contributed by atoms with Crippen molar-refractivity contribution in [3.05, 3.63) is 35.4 Å². The Balaban J connectivity index is 1.92. The first-order chi connectivity index (χ1) is 9.10. The maximum Gasteiger partial charge on any atom is 0.227 e. The Morgan fingerprint density at radius 1 is 1.37 bits per heavy atom. The number of amides is 1. The van der Waals surface area contributed by atoms with E-state index in [-0.39, 0.29) is 18.9 Å². The molecule has 0 bridgehead atoms. The van der Waals surface area contributed by atoms with Crippen molar-refractivity contribution in [1.82, 2.24) is 4.90 Å². The summed E-state index contributed by atoms with van der Waals surface area (Å²) in [6, 6.07) is 3.53. The molecule has 1 atom stereocenters. The molecule has 1 unspecified atom stereocenters. The van der Waals surface area contributed by atoms with Crippen molar-refractivity contribution in [2.75, 3.05) is 19.7 Å². The summed E-state index contributed by atoms with van der Waals surface area (Å²) in [6.07, 6.45) is 1.68. The molecule has 104 valence electrons. The van der Waals surface area contributed by atoms with Gasteiger partial charge in [0.15, 0.2) is 11.6 Å². The quantitative estimate of drug-likeness (QED) is 0.904. The van der Waals surface area contributed by atoms with Gasteiger partial charge in [0.05, 0.1) is 6.42 Å². The predicted octanol–water partition coefficient (Wildman–Crippen LogP) is 1.74. The van der Waals surface area contributed by atoms with Gasteiger partial charge in [-0.3, -0.25) is 4.79 Å². The highest BCUT2D eigenvalue weighted by atomic mass is 19.2. The number of likely N-dealkylation sites (tertiary alicyclic amines) is 1. The molecule has 5 heteroatoms. The normalized spacial score (nSPS) is 18.9. The minimum absolute atomic E-state index is 0.0774. The van der Waals surface area contributed by atoms with Crippen LogP contribution in [-0.4, -0.2) is 35.6 Å². The Kier molecular flexibility index (Phi) is 4.47. The Labute approximate surface area is 110 Å². The summed E-state index contributed by atoms with van der Waals surface area (Å²) >= 11 is 0. The molecule has 3 nitrogen and oxygen atoms in total. The van der Waals surface area contributed by atoms with Crippen LogP contribution in [0.25, 0.3) is 0 Å². The second-order valence-corrected chi connectivity index (χ2v) is 4.93. The third kappa shape index (κ3) is 3.50. The van der Waals surface area contributed by atoms with Crippen molar-refractivity contribution in [3.63, 3.8) is 0 Å². The van der Waals surface area contributed by atoms with Gasteiger partial charge < -0.3 is 10.0 Å². The van der Waals surface area contributed by atoms with Gasteiger partial charge >= 0.3 is 0 Å². The Morgan fingerprint density at radius 2 is 2.16 bits per heavy atom. The first kappa shape index (κ1) is 13.9. The molecule has 0 radical (unpaired) electrons. The van der Waals surface area contributed by atoms with Crippen molar-refractivity contribution in [3.8, 4) is 0 Å². The summed E-state index contributed by atoms with van der Waals surface area (Å²) in [6.45, 7) is 1.45. The van der Waals surface area contributed by atoms with Crippen LogP contribution in [0.5, 0.6) is 0 Å². The highest BCUT2D eigenvalue weighted by molar-refractivity contribution is 5.79. The molecule has 1 heterocycles. The lowest BCUT2D eigenvalue weighted by Gasteiger charge is -2.16. The third-order valence-corrected chi connectivity index (χ3v) is 3.52. The summed E-state index contributed by atoms with van der Waals surface area (Å²) in [5, 5.41) is 8.86. The number of aliphatic hydroxyl groups is 1. The van der Waals surface area contributed by atoms with Crippen LogP contribution in [0.2, 0.25) is 0 Å². The molecule has 19 heavy (non-hydrogen) atoms. The van der Waals surface area contributed by atoms with E-state index in [0.29, 0.717) is 31.0 Å². The molecule has 0 spiro atoms. The number of carbonyl (C=O) groups is 1. The molecule has 0 aromatic heterocycles. The Bertz CT molecular complexity index is 465. The van der Waals surface area contributed by atoms with Crippen LogP contribution in [0, 0.1) is 17.6 Å². The van der Waals surface area contributed by atoms with E-state index in [1.54, 1.807) is 4.90 Å². The van der Waals surface area contributed by atoms with Crippen LogP contribution in [0.1, 0.15) is 18.4 Å². The van der Waals surface area contributed by atoms with E-state index < -0.39 is 11.6 Å². The molecule has 1 aromatic carbocycles. The molecule has 1 N–H and O–H groups in total. The fourth-order valence-electron chi connectivity index (χ4n) is 2.41. The lowest BCUT2D eigenvalue weighted by molar-refractivity contribution is -0.129. The van der Waals surface area contributed by atoms with Gasteiger partial charge in [0, 0.05) is 19.7 Å². The highest BCUT2D eigenvalue weighted by Gasteiger charge is 2.25. The number of rotatable bonds is 4. The number of benzene rings is 1. The zero-order valence-electron chi connectivity index (χ0n) is 10.6. The molecular formula is C14H17F2NO2. The molecule has 0 aliphatic carbocycles. The maximum absolute atomic E-state index is 13.0. The van der Waals surface area contributed by atoms with Gasteiger partial charge in [-0.2, -0.15) is 0 Å². The molecule has 1 aliphatic rings. The first-order valence-electron chi connectivity index (χ1n) is 6.42. The average molecular weight is 269 g/mol. The fourth-order valence-corrected chi connectivity index (χ4v) is 2.41. The van der Waals surface area contributed by atoms with E-state index in [2.05, 4.69) is 0 Å². The van der Waals surface area contributed by atoms with Gasteiger partial charge in [-0.05, 0) is 36.5 Å². The molecule has 1 amide bonds. The van der Waals surface area contributed by atoms with Gasteiger partial charge in [0.2, 0.25) is 5.91 Å². The van der Waals surface area contributed by atoms with E-state index >= 15 is 0 Å². The summed E-state index contributed by atoms with van der Waals surface area (Å²) in [5.41, 5.74) is 0.481. The van der Waals surface area contributed by atoms with E-state index in [1.165, 1.54) is 6.07 Å². The zero-order chi connectivity index (χ0) is 13.8. The largest absolute Gasteiger partial charge is 0.396 e. The molecule has 2 rings (SSSR count). The van der Waals surface area contributed by atoms with E-state index in [4.69, 9.17) is 5.11 Å². The minimum atomic E-state index is -0.926. The summed E-state index contributed by atoms with van der Waals surface area (Å²) in [7, 11) is 0. The lowest BCUT2D eigenvalue weighted by atomic mass is 10.1. The third-order valence-electron chi connectivity index (χ3n) is 3.52. The van der Waals surface area contributed by atoms with Crippen molar-refractivity contribution in [2.24, 2.45) is 5.92 Å². The van der Waals surface area contributed by atoms with Gasteiger partial charge in [-0.25, -0.2) is 8.78 Å². The zero-order valence-corrected chi connectivity index (χ0v) is 10.6. The number of hydrogen-bond donors (Lipinski definition) is 1. The van der Waals surface area contributed by atoms with E-state index in [0.717, 1.165) is 18.6 Å². The lowest BCUT2D eigenvalue weighted by Crippen LogP contribution is -2.30. The molecule has 1 saturated heterocycles. The minimum Gasteiger partial charge on any atom is -0.396 e. The van der Waals surface area contributed by atoms with Gasteiger partial charge in [0.1, 0.15) is 0 Å². The van der Waals surface area contributed by atoms with E-state index in [9.17, 15) is 13.6 Å². The smallest absolute Gasteiger partial charge is 0.227 e. The Morgan fingerprint density at radius 3 is 2.84 bits per heavy atom.